The van der Waals surface area contributed by atoms with Crippen LogP contribution in [0.2, 0.25) is 0 Å². The first-order chi connectivity index (χ1) is 8.26. The number of ether oxygens (including phenoxy) is 3. The van der Waals surface area contributed by atoms with Crippen LogP contribution in [0.1, 0.15) is 11.9 Å². The van der Waals surface area contributed by atoms with E-state index in [0.29, 0.717) is 0 Å². The highest BCUT2D eigenvalue weighted by Crippen LogP contribution is 2.31. The van der Waals surface area contributed by atoms with Gasteiger partial charge in [0.15, 0.2) is 12.4 Å². The number of benzene rings is 1. The molecule has 1 aliphatic rings. The lowest BCUT2D eigenvalue weighted by molar-refractivity contribution is -0.154. The molecule has 0 bridgehead atoms. The predicted octanol–water partition coefficient (Wildman–Crippen LogP) is 0.634. The fourth-order valence-corrected chi connectivity index (χ4v) is 1.71. The Balaban J connectivity index is 2.12. The van der Waals surface area contributed by atoms with Crippen molar-refractivity contribution >= 4 is 5.97 Å². The van der Waals surface area contributed by atoms with Crippen molar-refractivity contribution < 1.29 is 24.1 Å². The molecular formula is C12H14O5. The molecule has 17 heavy (non-hydrogen) atoms. The fourth-order valence-electron chi connectivity index (χ4n) is 1.71. The van der Waals surface area contributed by atoms with Gasteiger partial charge in [-0.25, -0.2) is 4.79 Å². The normalized spacial score (nSPS) is 28.0. The van der Waals surface area contributed by atoms with Gasteiger partial charge in [0.1, 0.15) is 6.10 Å². The fraction of sp³-hybridized carbons (Fsp3) is 0.417. The first-order valence-corrected chi connectivity index (χ1v) is 5.31. The molecule has 0 radical (unpaired) electrons. The first-order valence-electron chi connectivity index (χ1n) is 5.31. The van der Waals surface area contributed by atoms with E-state index in [-0.39, 0.29) is 6.61 Å². The number of rotatable bonds is 3. The van der Waals surface area contributed by atoms with Crippen molar-refractivity contribution in [3.63, 3.8) is 0 Å². The first kappa shape index (κ1) is 12.0. The van der Waals surface area contributed by atoms with Gasteiger partial charge in [-0.3, -0.25) is 0 Å². The Labute approximate surface area is 98.9 Å². The number of carbonyl (C=O) groups is 1. The highest BCUT2D eigenvalue weighted by Gasteiger charge is 2.41. The van der Waals surface area contributed by atoms with E-state index in [4.69, 9.17) is 14.6 Å². The Morgan fingerprint density at radius 1 is 1.35 bits per heavy atom. The molecular weight excluding hydrogens is 224 g/mol. The van der Waals surface area contributed by atoms with Gasteiger partial charge in [-0.15, -0.1) is 0 Å². The summed E-state index contributed by atoms with van der Waals surface area (Å²) >= 11 is 0. The van der Waals surface area contributed by atoms with Crippen molar-refractivity contribution in [3.05, 3.63) is 35.9 Å². The molecule has 0 spiro atoms. The van der Waals surface area contributed by atoms with Gasteiger partial charge in [-0.05, 0) is 0 Å². The lowest BCUT2D eigenvalue weighted by Gasteiger charge is -2.10. The molecule has 1 fully saturated rings. The molecule has 0 amide bonds. The van der Waals surface area contributed by atoms with Crippen molar-refractivity contribution in [3.8, 4) is 0 Å². The molecule has 1 N–H and O–H groups in total. The summed E-state index contributed by atoms with van der Waals surface area (Å²) in [6.45, 7) is -0.289. The van der Waals surface area contributed by atoms with Crippen LogP contribution < -0.4 is 0 Å². The summed E-state index contributed by atoms with van der Waals surface area (Å²) in [6, 6.07) is 9.24. The number of methoxy groups -OCH3 is 1. The topological polar surface area (TPSA) is 65.0 Å². The van der Waals surface area contributed by atoms with Crippen molar-refractivity contribution in [2.24, 2.45) is 0 Å². The lowest BCUT2D eigenvalue weighted by atomic mass is 10.2. The Morgan fingerprint density at radius 3 is 2.65 bits per heavy atom. The zero-order chi connectivity index (χ0) is 12.3. The van der Waals surface area contributed by atoms with Gasteiger partial charge >= 0.3 is 5.97 Å². The van der Waals surface area contributed by atoms with Crippen LogP contribution in [0.3, 0.4) is 0 Å². The van der Waals surface area contributed by atoms with Gasteiger partial charge in [0.05, 0.1) is 13.7 Å². The second kappa shape index (κ2) is 5.27. The summed E-state index contributed by atoms with van der Waals surface area (Å²) in [5.74, 6) is -0.539. The molecule has 1 aromatic rings. The maximum absolute atomic E-state index is 11.4. The van der Waals surface area contributed by atoms with E-state index < -0.39 is 24.5 Å². The quantitative estimate of drug-likeness (QED) is 0.783. The molecule has 1 heterocycles. The van der Waals surface area contributed by atoms with Gasteiger partial charge in [0.2, 0.25) is 0 Å². The third-order valence-corrected chi connectivity index (χ3v) is 2.59. The molecule has 3 unspecified atom stereocenters. The van der Waals surface area contributed by atoms with Crippen LogP contribution in [-0.2, 0) is 19.0 Å². The van der Waals surface area contributed by atoms with Crippen LogP contribution in [0.4, 0.5) is 0 Å². The largest absolute Gasteiger partial charge is 0.467 e. The summed E-state index contributed by atoms with van der Waals surface area (Å²) in [5, 5.41) is 9.13. The number of hydrogen-bond donors (Lipinski definition) is 1. The highest BCUT2D eigenvalue weighted by atomic mass is 16.7. The van der Waals surface area contributed by atoms with E-state index in [2.05, 4.69) is 4.74 Å². The highest BCUT2D eigenvalue weighted by molar-refractivity contribution is 5.75. The van der Waals surface area contributed by atoms with Gasteiger partial charge in [-0.1, -0.05) is 30.3 Å². The third kappa shape index (κ3) is 2.46. The number of aliphatic hydroxyl groups is 1. The molecule has 1 aromatic carbocycles. The SMILES string of the molecule is COC(=O)C1OC(c2ccccc2)OC1CO. The molecule has 92 valence electrons. The summed E-state index contributed by atoms with van der Waals surface area (Å²) in [6.07, 6.45) is -2.21. The predicted molar refractivity (Wildman–Crippen MR) is 58.0 cm³/mol. The number of carbonyl (C=O) groups excluding carboxylic acids is 1. The number of hydrogen-bond acceptors (Lipinski definition) is 5. The van der Waals surface area contributed by atoms with Gasteiger partial charge in [-0.2, -0.15) is 0 Å². The Morgan fingerprint density at radius 2 is 2.06 bits per heavy atom. The van der Waals surface area contributed by atoms with Crippen molar-refractivity contribution in [2.75, 3.05) is 13.7 Å². The zero-order valence-corrected chi connectivity index (χ0v) is 9.41. The molecule has 3 atom stereocenters. The second-order valence-corrected chi connectivity index (χ2v) is 3.68. The van der Waals surface area contributed by atoms with Gasteiger partial charge in [0.25, 0.3) is 0 Å². The van der Waals surface area contributed by atoms with E-state index in [0.717, 1.165) is 5.56 Å². The minimum atomic E-state index is -0.879. The molecule has 1 saturated heterocycles. The minimum Gasteiger partial charge on any atom is -0.467 e. The molecule has 0 aromatic heterocycles. The van der Waals surface area contributed by atoms with Gasteiger partial charge < -0.3 is 19.3 Å². The van der Waals surface area contributed by atoms with Crippen LogP contribution in [0.5, 0.6) is 0 Å². The molecule has 0 saturated carbocycles. The van der Waals surface area contributed by atoms with E-state index in [1.807, 2.05) is 30.3 Å². The van der Waals surface area contributed by atoms with Crippen LogP contribution in [0.25, 0.3) is 0 Å². The van der Waals surface area contributed by atoms with E-state index in [1.165, 1.54) is 7.11 Å². The average molecular weight is 238 g/mol. The zero-order valence-electron chi connectivity index (χ0n) is 9.41. The maximum Gasteiger partial charge on any atom is 0.337 e. The molecule has 0 aliphatic carbocycles. The molecule has 5 nitrogen and oxygen atoms in total. The van der Waals surface area contributed by atoms with E-state index in [9.17, 15) is 4.79 Å². The standard InChI is InChI=1S/C12H14O5/c1-15-11(14)10-9(7-13)16-12(17-10)8-5-3-2-4-6-8/h2-6,9-10,12-13H,7H2,1H3. The van der Waals surface area contributed by atoms with E-state index >= 15 is 0 Å². The lowest BCUT2D eigenvalue weighted by Crippen LogP contribution is -2.34. The van der Waals surface area contributed by atoms with Crippen molar-refractivity contribution in [2.45, 2.75) is 18.5 Å². The summed E-state index contributed by atoms with van der Waals surface area (Å²) in [7, 11) is 1.27. The van der Waals surface area contributed by atoms with Crippen molar-refractivity contribution in [1.29, 1.82) is 0 Å². The molecule has 1 aliphatic heterocycles. The average Bonchev–Trinajstić information content (AvgIpc) is 2.83. The summed E-state index contributed by atoms with van der Waals surface area (Å²) in [4.78, 5) is 11.4. The molecule has 5 heteroatoms. The van der Waals surface area contributed by atoms with Crippen LogP contribution in [0.15, 0.2) is 30.3 Å². The van der Waals surface area contributed by atoms with Gasteiger partial charge in [0, 0.05) is 5.56 Å². The van der Waals surface area contributed by atoms with Crippen LogP contribution in [0, 0.1) is 0 Å². The smallest absolute Gasteiger partial charge is 0.337 e. The Bertz CT molecular complexity index is 378. The van der Waals surface area contributed by atoms with Crippen molar-refractivity contribution in [1.82, 2.24) is 0 Å². The summed E-state index contributed by atoms with van der Waals surface area (Å²) in [5.41, 5.74) is 0.803. The van der Waals surface area contributed by atoms with Crippen LogP contribution in [-0.4, -0.2) is 37.0 Å². The number of aliphatic hydroxyl groups excluding tert-OH is 1. The maximum atomic E-state index is 11.4. The third-order valence-electron chi connectivity index (χ3n) is 2.59. The number of esters is 1. The van der Waals surface area contributed by atoms with E-state index in [1.54, 1.807) is 0 Å². The Hall–Kier alpha value is -1.43. The van der Waals surface area contributed by atoms with Crippen LogP contribution >= 0.6 is 0 Å². The molecule has 2 rings (SSSR count). The second-order valence-electron chi connectivity index (χ2n) is 3.68. The monoisotopic (exact) mass is 238 g/mol. The Kier molecular flexibility index (Phi) is 3.73. The summed E-state index contributed by atoms with van der Waals surface area (Å²) < 4.78 is 15.5. The minimum absolute atomic E-state index is 0.289.